The zero-order chi connectivity index (χ0) is 21.6. The monoisotopic (exact) mass is 449 g/mol. The van der Waals surface area contributed by atoms with Crippen LogP contribution in [0.1, 0.15) is 12.0 Å². The minimum atomic E-state index is -0.115. The first kappa shape index (κ1) is 21.2. The summed E-state index contributed by atoms with van der Waals surface area (Å²) in [5.74, 6) is 0.915. The van der Waals surface area contributed by atoms with E-state index in [0.29, 0.717) is 17.1 Å². The zero-order valence-electron chi connectivity index (χ0n) is 16.8. The number of aliphatic imine (C=N–C) groups is 2. The lowest BCUT2D eigenvalue weighted by Crippen LogP contribution is -2.16. The van der Waals surface area contributed by atoms with Crippen LogP contribution in [0.25, 0.3) is 0 Å². The summed E-state index contributed by atoms with van der Waals surface area (Å²) in [7, 11) is 1.64. The Hall–Kier alpha value is -3.09. The molecule has 1 aliphatic rings. The van der Waals surface area contributed by atoms with E-state index in [1.807, 2.05) is 54.6 Å². The van der Waals surface area contributed by atoms with Crippen LogP contribution in [0, 0.1) is 0 Å². The number of hydrogen-bond acceptors (Lipinski definition) is 5. The van der Waals surface area contributed by atoms with E-state index >= 15 is 0 Å². The molecule has 0 saturated carbocycles. The minimum Gasteiger partial charge on any atom is -0.497 e. The second-order valence-corrected chi connectivity index (χ2v) is 8.29. The number of para-hydroxylation sites is 2. The molecule has 3 aromatic rings. The molecule has 0 radical (unpaired) electrons. The van der Waals surface area contributed by atoms with Crippen molar-refractivity contribution in [2.45, 2.75) is 6.42 Å². The fourth-order valence-electron chi connectivity index (χ4n) is 3.10. The molecular weight excluding hydrogens is 430 g/mol. The number of nitrogens with zero attached hydrogens (tertiary/aromatic N) is 2. The van der Waals surface area contributed by atoms with Crippen LogP contribution in [-0.4, -0.2) is 29.5 Å². The molecule has 0 bridgehead atoms. The Kier molecular flexibility index (Phi) is 6.70. The predicted molar refractivity (Wildman–Crippen MR) is 130 cm³/mol. The summed E-state index contributed by atoms with van der Waals surface area (Å²) in [6, 6.07) is 22.7. The number of ether oxygens (including phenoxy) is 1. The molecule has 1 aliphatic heterocycles. The first-order valence-electron chi connectivity index (χ1n) is 9.67. The van der Waals surface area contributed by atoms with Gasteiger partial charge in [-0.25, -0.2) is 4.99 Å². The van der Waals surface area contributed by atoms with Gasteiger partial charge in [-0.3, -0.25) is 9.79 Å². The second kappa shape index (κ2) is 9.81. The van der Waals surface area contributed by atoms with Crippen molar-refractivity contribution in [1.29, 1.82) is 0 Å². The van der Waals surface area contributed by atoms with E-state index in [-0.39, 0.29) is 11.7 Å². The number of thioether (sulfide) groups is 1. The normalized spacial score (nSPS) is 12.8. The van der Waals surface area contributed by atoms with Gasteiger partial charge in [0, 0.05) is 17.1 Å². The Morgan fingerprint density at radius 2 is 1.77 bits per heavy atom. The number of benzene rings is 3. The van der Waals surface area contributed by atoms with Crippen molar-refractivity contribution in [3.63, 3.8) is 0 Å². The first-order valence-corrected chi connectivity index (χ1v) is 11.0. The van der Waals surface area contributed by atoms with Gasteiger partial charge in [-0.15, -0.1) is 11.8 Å². The van der Waals surface area contributed by atoms with E-state index in [1.165, 1.54) is 11.8 Å². The molecule has 0 atom stereocenters. The van der Waals surface area contributed by atoms with Gasteiger partial charge in [-0.2, -0.15) is 0 Å². The van der Waals surface area contributed by atoms with Crippen LogP contribution in [0.3, 0.4) is 0 Å². The number of anilines is 1. The molecular formula is C24H20ClN3O2S. The van der Waals surface area contributed by atoms with Gasteiger partial charge in [0.1, 0.15) is 5.75 Å². The summed E-state index contributed by atoms with van der Waals surface area (Å²) in [6.45, 7) is 0. The molecule has 0 spiro atoms. The average Bonchev–Trinajstić information content (AvgIpc) is 2.97. The number of rotatable bonds is 5. The quantitative estimate of drug-likeness (QED) is 0.498. The molecule has 0 aromatic heterocycles. The van der Waals surface area contributed by atoms with Gasteiger partial charge in [-0.05, 0) is 60.2 Å². The number of fused-ring (bicyclic) bond motifs is 1. The van der Waals surface area contributed by atoms with Crippen molar-refractivity contribution in [1.82, 2.24) is 0 Å². The Morgan fingerprint density at radius 3 is 2.48 bits per heavy atom. The fourth-order valence-corrected chi connectivity index (χ4v) is 4.06. The molecule has 156 valence electrons. The largest absolute Gasteiger partial charge is 0.497 e. The number of nitrogens with one attached hydrogen (secondary N) is 1. The van der Waals surface area contributed by atoms with E-state index in [0.717, 1.165) is 33.4 Å². The Morgan fingerprint density at radius 1 is 1.03 bits per heavy atom. The summed E-state index contributed by atoms with van der Waals surface area (Å²) in [5, 5.41) is 4.28. The van der Waals surface area contributed by atoms with E-state index in [9.17, 15) is 4.79 Å². The highest BCUT2D eigenvalue weighted by atomic mass is 35.5. The van der Waals surface area contributed by atoms with Crippen molar-refractivity contribution in [2.24, 2.45) is 9.98 Å². The van der Waals surface area contributed by atoms with Crippen molar-refractivity contribution in [3.8, 4) is 5.75 Å². The van der Waals surface area contributed by atoms with Gasteiger partial charge < -0.3 is 10.1 Å². The van der Waals surface area contributed by atoms with E-state index in [2.05, 4.69) is 5.32 Å². The molecule has 31 heavy (non-hydrogen) atoms. The van der Waals surface area contributed by atoms with Crippen LogP contribution in [-0.2, 0) is 4.79 Å². The van der Waals surface area contributed by atoms with Gasteiger partial charge in [0.15, 0.2) is 0 Å². The lowest BCUT2D eigenvalue weighted by Gasteiger charge is -2.09. The van der Waals surface area contributed by atoms with Crippen LogP contribution in [0.15, 0.2) is 82.8 Å². The SMILES string of the molecule is COc1ccc(C2=Nc3ccccc3N=C(SCC(=O)Nc3cccc(Cl)c3)C2)cc1. The van der Waals surface area contributed by atoms with Crippen molar-refractivity contribution in [3.05, 3.63) is 83.4 Å². The lowest BCUT2D eigenvalue weighted by atomic mass is 10.1. The van der Waals surface area contributed by atoms with Crippen molar-refractivity contribution >= 4 is 57.1 Å². The summed E-state index contributed by atoms with van der Waals surface area (Å²) in [5.41, 5.74) is 4.17. The van der Waals surface area contributed by atoms with Crippen LogP contribution >= 0.6 is 23.4 Å². The van der Waals surface area contributed by atoms with E-state index in [1.54, 1.807) is 25.3 Å². The molecule has 0 aliphatic carbocycles. The predicted octanol–water partition coefficient (Wildman–Crippen LogP) is 6.28. The molecule has 4 rings (SSSR count). The highest BCUT2D eigenvalue weighted by Crippen LogP contribution is 2.33. The molecule has 0 saturated heterocycles. The van der Waals surface area contributed by atoms with Gasteiger partial charge >= 0.3 is 0 Å². The van der Waals surface area contributed by atoms with E-state index < -0.39 is 0 Å². The molecule has 3 aromatic carbocycles. The highest BCUT2D eigenvalue weighted by molar-refractivity contribution is 8.14. The second-order valence-electron chi connectivity index (χ2n) is 6.81. The number of carbonyl (C=O) groups is 1. The van der Waals surface area contributed by atoms with Crippen LogP contribution in [0.2, 0.25) is 5.02 Å². The topological polar surface area (TPSA) is 63.1 Å². The molecule has 0 fully saturated rings. The fraction of sp³-hybridized carbons (Fsp3) is 0.125. The minimum absolute atomic E-state index is 0.115. The standard InChI is InChI=1S/C24H20ClN3O2S/c1-30-19-11-9-16(10-12-19)22-14-24(28-21-8-3-2-7-20(21)27-22)31-15-23(29)26-18-6-4-5-17(25)13-18/h2-13H,14-15H2,1H3,(H,26,29). The number of hydrogen-bond donors (Lipinski definition) is 1. The maximum Gasteiger partial charge on any atom is 0.234 e. The summed E-state index contributed by atoms with van der Waals surface area (Å²) in [6.07, 6.45) is 0.538. The number of halogens is 1. The smallest absolute Gasteiger partial charge is 0.234 e. The van der Waals surface area contributed by atoms with Gasteiger partial charge in [0.05, 0.1) is 35.0 Å². The van der Waals surface area contributed by atoms with Crippen LogP contribution in [0.4, 0.5) is 17.1 Å². The average molecular weight is 450 g/mol. The molecule has 7 heteroatoms. The maximum atomic E-state index is 12.4. The zero-order valence-corrected chi connectivity index (χ0v) is 18.4. The number of carbonyl (C=O) groups excluding carboxylic acids is 1. The summed E-state index contributed by atoms with van der Waals surface area (Å²) < 4.78 is 5.26. The lowest BCUT2D eigenvalue weighted by molar-refractivity contribution is -0.113. The van der Waals surface area contributed by atoms with Crippen LogP contribution < -0.4 is 10.1 Å². The molecule has 1 N–H and O–H groups in total. The number of methoxy groups -OCH3 is 1. The summed E-state index contributed by atoms with van der Waals surface area (Å²) >= 11 is 7.40. The Balaban J connectivity index is 1.52. The van der Waals surface area contributed by atoms with Crippen molar-refractivity contribution in [2.75, 3.05) is 18.2 Å². The van der Waals surface area contributed by atoms with Gasteiger partial charge in [0.25, 0.3) is 0 Å². The third-order valence-corrected chi connectivity index (χ3v) is 5.81. The highest BCUT2D eigenvalue weighted by Gasteiger charge is 2.17. The van der Waals surface area contributed by atoms with Gasteiger partial charge in [-0.1, -0.05) is 29.8 Å². The third-order valence-electron chi connectivity index (χ3n) is 4.60. The van der Waals surface area contributed by atoms with Gasteiger partial charge in [0.2, 0.25) is 5.91 Å². The number of amides is 1. The molecule has 1 heterocycles. The molecule has 0 unspecified atom stereocenters. The van der Waals surface area contributed by atoms with Crippen molar-refractivity contribution < 1.29 is 9.53 Å². The first-order chi connectivity index (χ1) is 15.1. The molecule has 5 nitrogen and oxygen atoms in total. The summed E-state index contributed by atoms with van der Waals surface area (Å²) in [4.78, 5) is 22.1. The van der Waals surface area contributed by atoms with Crippen LogP contribution in [0.5, 0.6) is 5.75 Å². The Labute approximate surface area is 190 Å². The Bertz CT molecular complexity index is 1160. The molecule has 1 amide bonds. The third kappa shape index (κ3) is 5.54. The maximum absolute atomic E-state index is 12.4. The van der Waals surface area contributed by atoms with E-state index in [4.69, 9.17) is 26.3 Å².